The highest BCUT2D eigenvalue weighted by Crippen LogP contribution is 2.38. The second-order valence-electron chi connectivity index (χ2n) is 7.33. The van der Waals surface area contributed by atoms with E-state index in [2.05, 4.69) is 0 Å². The molecule has 1 amide bonds. The molecule has 0 saturated carbocycles. The maximum absolute atomic E-state index is 14.4. The summed E-state index contributed by atoms with van der Waals surface area (Å²) in [6.07, 6.45) is 0.534. The van der Waals surface area contributed by atoms with Gasteiger partial charge in [-0.25, -0.2) is 13.6 Å². The van der Waals surface area contributed by atoms with Gasteiger partial charge in [-0.05, 0) is 51.7 Å². The zero-order chi connectivity index (χ0) is 18.0. The molecular formula is C18H24ClF2NO2. The number of hydrogen-bond acceptors (Lipinski definition) is 2. The van der Waals surface area contributed by atoms with Gasteiger partial charge in [-0.3, -0.25) is 0 Å². The van der Waals surface area contributed by atoms with Crippen molar-refractivity contribution in [1.82, 2.24) is 4.90 Å². The van der Waals surface area contributed by atoms with Crippen LogP contribution in [0.3, 0.4) is 0 Å². The number of carbonyl (C=O) groups excluding carboxylic acids is 1. The number of nitrogens with zero attached hydrogens (tertiary/aromatic N) is 1. The predicted molar refractivity (Wildman–Crippen MR) is 90.5 cm³/mol. The summed E-state index contributed by atoms with van der Waals surface area (Å²) in [6, 6.07) is 5.71. The van der Waals surface area contributed by atoms with Gasteiger partial charge in [0.05, 0.1) is 0 Å². The summed E-state index contributed by atoms with van der Waals surface area (Å²) in [4.78, 5) is 13.6. The standard InChI is InChI=1S/C18H24ClF2NO2/c1-17(2,3)24-16(23)22-10-8-13(9-11-22)12-18(20,21)14-4-6-15(19)7-5-14/h4-7,13H,8-12H2,1-3H3. The molecule has 1 heterocycles. The number of rotatable bonds is 3. The summed E-state index contributed by atoms with van der Waals surface area (Å²) in [6.45, 7) is 6.34. The fourth-order valence-electron chi connectivity index (χ4n) is 2.82. The van der Waals surface area contributed by atoms with E-state index in [1.165, 1.54) is 24.3 Å². The number of benzene rings is 1. The Morgan fingerprint density at radius 3 is 2.25 bits per heavy atom. The Labute approximate surface area is 146 Å². The Hall–Kier alpha value is -1.36. The first-order valence-corrected chi connectivity index (χ1v) is 8.56. The molecule has 0 unspecified atom stereocenters. The fraction of sp³-hybridized carbons (Fsp3) is 0.611. The van der Waals surface area contributed by atoms with Crippen molar-refractivity contribution in [2.24, 2.45) is 5.92 Å². The van der Waals surface area contributed by atoms with E-state index in [4.69, 9.17) is 16.3 Å². The number of amides is 1. The number of likely N-dealkylation sites (tertiary alicyclic amines) is 1. The summed E-state index contributed by atoms with van der Waals surface area (Å²) >= 11 is 5.75. The van der Waals surface area contributed by atoms with Crippen LogP contribution in [0.4, 0.5) is 13.6 Å². The van der Waals surface area contributed by atoms with Crippen molar-refractivity contribution < 1.29 is 18.3 Å². The van der Waals surface area contributed by atoms with Gasteiger partial charge in [0, 0.05) is 30.1 Å². The lowest BCUT2D eigenvalue weighted by molar-refractivity contribution is -0.0384. The first-order chi connectivity index (χ1) is 11.1. The highest BCUT2D eigenvalue weighted by Gasteiger charge is 2.36. The molecule has 6 heteroatoms. The van der Waals surface area contributed by atoms with Gasteiger partial charge in [-0.15, -0.1) is 0 Å². The fourth-order valence-corrected chi connectivity index (χ4v) is 2.95. The van der Waals surface area contributed by atoms with Gasteiger partial charge in [0.15, 0.2) is 0 Å². The molecule has 2 rings (SSSR count). The third-order valence-corrected chi connectivity index (χ3v) is 4.33. The van der Waals surface area contributed by atoms with E-state index in [-0.39, 0.29) is 24.0 Å². The summed E-state index contributed by atoms with van der Waals surface area (Å²) in [5.74, 6) is -3.00. The number of alkyl halides is 2. The van der Waals surface area contributed by atoms with E-state index in [1.54, 1.807) is 4.90 Å². The first kappa shape index (κ1) is 19.0. The van der Waals surface area contributed by atoms with Gasteiger partial charge in [0.25, 0.3) is 5.92 Å². The maximum atomic E-state index is 14.4. The molecule has 1 fully saturated rings. The molecule has 0 spiro atoms. The van der Waals surface area contributed by atoms with Crippen molar-refractivity contribution >= 4 is 17.7 Å². The molecule has 1 aromatic carbocycles. The minimum atomic E-state index is -2.89. The lowest BCUT2D eigenvalue weighted by Gasteiger charge is -2.34. The molecule has 0 bridgehead atoms. The number of hydrogen-bond donors (Lipinski definition) is 0. The van der Waals surface area contributed by atoms with Crippen LogP contribution < -0.4 is 0 Å². The topological polar surface area (TPSA) is 29.5 Å². The van der Waals surface area contributed by atoms with Gasteiger partial charge < -0.3 is 9.64 Å². The average Bonchev–Trinajstić information content (AvgIpc) is 2.46. The number of halogens is 3. The molecule has 1 aromatic rings. The average molecular weight is 360 g/mol. The molecular weight excluding hydrogens is 336 g/mol. The molecule has 24 heavy (non-hydrogen) atoms. The maximum Gasteiger partial charge on any atom is 0.410 e. The highest BCUT2D eigenvalue weighted by molar-refractivity contribution is 6.30. The summed E-state index contributed by atoms with van der Waals surface area (Å²) < 4.78 is 34.1. The Morgan fingerprint density at radius 2 is 1.75 bits per heavy atom. The normalized spacial score (nSPS) is 17.0. The second kappa shape index (κ2) is 7.26. The van der Waals surface area contributed by atoms with Crippen molar-refractivity contribution in [3.8, 4) is 0 Å². The summed E-state index contributed by atoms with van der Waals surface area (Å²) in [7, 11) is 0. The second-order valence-corrected chi connectivity index (χ2v) is 7.76. The third kappa shape index (κ3) is 5.33. The van der Waals surface area contributed by atoms with Crippen molar-refractivity contribution in [2.75, 3.05) is 13.1 Å². The number of piperidine rings is 1. The van der Waals surface area contributed by atoms with Gasteiger partial charge in [0.2, 0.25) is 0 Å². The molecule has 0 N–H and O–H groups in total. The largest absolute Gasteiger partial charge is 0.444 e. The van der Waals surface area contributed by atoms with Crippen molar-refractivity contribution in [1.29, 1.82) is 0 Å². The van der Waals surface area contributed by atoms with E-state index in [0.29, 0.717) is 31.0 Å². The molecule has 0 aliphatic carbocycles. The Balaban J connectivity index is 1.88. The van der Waals surface area contributed by atoms with Crippen LogP contribution in [0.1, 0.15) is 45.6 Å². The quantitative estimate of drug-likeness (QED) is 0.716. The van der Waals surface area contributed by atoms with E-state index in [0.717, 1.165) is 0 Å². The van der Waals surface area contributed by atoms with E-state index in [1.807, 2.05) is 20.8 Å². The van der Waals surface area contributed by atoms with Crippen molar-refractivity contribution in [3.05, 3.63) is 34.9 Å². The van der Waals surface area contributed by atoms with Crippen molar-refractivity contribution in [3.63, 3.8) is 0 Å². The van der Waals surface area contributed by atoms with Crippen LogP contribution in [-0.4, -0.2) is 29.7 Å². The van der Waals surface area contributed by atoms with Crippen LogP contribution >= 0.6 is 11.6 Å². The molecule has 0 radical (unpaired) electrons. The Kier molecular flexibility index (Phi) is 5.74. The van der Waals surface area contributed by atoms with Crippen LogP contribution in [-0.2, 0) is 10.7 Å². The molecule has 1 aliphatic rings. The third-order valence-electron chi connectivity index (χ3n) is 4.08. The van der Waals surface area contributed by atoms with Crippen molar-refractivity contribution in [2.45, 2.75) is 51.6 Å². The molecule has 0 atom stereocenters. The number of ether oxygens (including phenoxy) is 1. The summed E-state index contributed by atoms with van der Waals surface area (Å²) in [5.41, 5.74) is -0.559. The minimum Gasteiger partial charge on any atom is -0.444 e. The van der Waals surface area contributed by atoms with Crippen LogP contribution in [0.15, 0.2) is 24.3 Å². The SMILES string of the molecule is CC(C)(C)OC(=O)N1CCC(CC(F)(F)c2ccc(Cl)cc2)CC1. The molecule has 1 aliphatic heterocycles. The molecule has 0 aromatic heterocycles. The van der Waals surface area contributed by atoms with Crippen LogP contribution in [0.5, 0.6) is 0 Å². The molecule has 134 valence electrons. The smallest absolute Gasteiger partial charge is 0.410 e. The first-order valence-electron chi connectivity index (χ1n) is 8.19. The number of carbonyl (C=O) groups is 1. The molecule has 3 nitrogen and oxygen atoms in total. The van der Waals surface area contributed by atoms with E-state index < -0.39 is 11.5 Å². The van der Waals surface area contributed by atoms with Gasteiger partial charge in [-0.1, -0.05) is 23.7 Å². The molecule has 1 saturated heterocycles. The van der Waals surface area contributed by atoms with Crippen LogP contribution in [0.25, 0.3) is 0 Å². The lowest BCUT2D eigenvalue weighted by atomic mass is 9.88. The Bertz CT molecular complexity index is 561. The lowest BCUT2D eigenvalue weighted by Crippen LogP contribution is -2.42. The summed E-state index contributed by atoms with van der Waals surface area (Å²) in [5, 5.41) is 0.445. The highest BCUT2D eigenvalue weighted by atomic mass is 35.5. The van der Waals surface area contributed by atoms with Crippen LogP contribution in [0.2, 0.25) is 5.02 Å². The zero-order valence-electron chi connectivity index (χ0n) is 14.3. The predicted octanol–water partition coefficient (Wildman–Crippen LogP) is 5.47. The van der Waals surface area contributed by atoms with E-state index >= 15 is 0 Å². The Morgan fingerprint density at radius 1 is 1.21 bits per heavy atom. The minimum absolute atomic E-state index is 0.0125. The van der Waals surface area contributed by atoms with E-state index in [9.17, 15) is 13.6 Å². The van der Waals surface area contributed by atoms with Gasteiger partial charge in [-0.2, -0.15) is 0 Å². The zero-order valence-corrected chi connectivity index (χ0v) is 15.1. The van der Waals surface area contributed by atoms with Gasteiger partial charge in [0.1, 0.15) is 5.60 Å². The monoisotopic (exact) mass is 359 g/mol. The van der Waals surface area contributed by atoms with Gasteiger partial charge >= 0.3 is 6.09 Å². The van der Waals surface area contributed by atoms with Crippen LogP contribution in [0, 0.1) is 5.92 Å².